The molecule has 1 heterocycles. The van der Waals surface area contributed by atoms with Crippen molar-refractivity contribution in [2.24, 2.45) is 0 Å². The van der Waals surface area contributed by atoms with Crippen molar-refractivity contribution in [3.05, 3.63) is 17.0 Å². The van der Waals surface area contributed by atoms with Crippen LogP contribution >= 0.6 is 11.6 Å². The number of hydrogen-bond acceptors (Lipinski definition) is 4. The highest BCUT2D eigenvalue weighted by molar-refractivity contribution is 6.28. The molecule has 1 aromatic rings. The fourth-order valence-electron chi connectivity index (χ4n) is 1.03. The largest absolute Gasteiger partial charge is 0.391 e. The highest BCUT2D eigenvalue weighted by Crippen LogP contribution is 2.18. The smallest absolute Gasteiger partial charge is 0.224 e. The van der Waals surface area contributed by atoms with Crippen molar-refractivity contribution < 1.29 is 5.11 Å². The average Bonchev–Trinajstić information content (AvgIpc) is 1.99. The number of nitrogens with zero attached hydrogens (tertiary/aromatic N) is 2. The van der Waals surface area contributed by atoms with E-state index < -0.39 is 11.6 Å². The van der Waals surface area contributed by atoms with Gasteiger partial charge in [0, 0.05) is 11.8 Å². The Morgan fingerprint density at radius 3 is 2.53 bits per heavy atom. The first-order valence-electron chi connectivity index (χ1n) is 4.78. The SMILES string of the molecule is Cc1cc(NC(C)(C)C(C)O)nc(Cl)n1. The highest BCUT2D eigenvalue weighted by Gasteiger charge is 2.24. The second kappa shape index (κ2) is 4.33. The van der Waals surface area contributed by atoms with E-state index in [1.807, 2.05) is 20.8 Å². The van der Waals surface area contributed by atoms with Crippen LogP contribution in [0.25, 0.3) is 0 Å². The summed E-state index contributed by atoms with van der Waals surface area (Å²) in [5, 5.41) is 12.9. The molecular formula is C10H16ClN3O. The third kappa shape index (κ3) is 3.32. The van der Waals surface area contributed by atoms with Crippen LogP contribution in [0.15, 0.2) is 6.07 Å². The van der Waals surface area contributed by atoms with E-state index in [2.05, 4.69) is 15.3 Å². The van der Waals surface area contributed by atoms with Crippen LogP contribution in [-0.2, 0) is 0 Å². The summed E-state index contributed by atoms with van der Waals surface area (Å²) in [4.78, 5) is 7.99. The van der Waals surface area contributed by atoms with E-state index in [-0.39, 0.29) is 5.28 Å². The summed E-state index contributed by atoms with van der Waals surface area (Å²) in [7, 11) is 0. The molecule has 1 atom stereocenters. The minimum absolute atomic E-state index is 0.207. The van der Waals surface area contributed by atoms with Crippen LogP contribution in [0.4, 0.5) is 5.82 Å². The van der Waals surface area contributed by atoms with E-state index in [0.29, 0.717) is 5.82 Å². The first-order valence-corrected chi connectivity index (χ1v) is 5.16. The number of rotatable bonds is 3. The molecule has 1 unspecified atom stereocenters. The molecular weight excluding hydrogens is 214 g/mol. The van der Waals surface area contributed by atoms with Gasteiger partial charge in [-0.25, -0.2) is 9.97 Å². The van der Waals surface area contributed by atoms with Crippen molar-refractivity contribution in [2.75, 3.05) is 5.32 Å². The van der Waals surface area contributed by atoms with Gasteiger partial charge in [-0.3, -0.25) is 0 Å². The zero-order chi connectivity index (χ0) is 11.6. The number of anilines is 1. The Hall–Kier alpha value is -0.870. The molecule has 0 aliphatic heterocycles. The summed E-state index contributed by atoms with van der Waals surface area (Å²) in [5.74, 6) is 0.624. The summed E-state index contributed by atoms with van der Waals surface area (Å²) >= 11 is 5.73. The van der Waals surface area contributed by atoms with E-state index in [1.165, 1.54) is 0 Å². The minimum atomic E-state index is -0.494. The van der Waals surface area contributed by atoms with Crippen molar-refractivity contribution in [2.45, 2.75) is 39.3 Å². The molecule has 0 saturated carbocycles. The van der Waals surface area contributed by atoms with Gasteiger partial charge in [-0.05, 0) is 39.3 Å². The Labute approximate surface area is 94.7 Å². The monoisotopic (exact) mass is 229 g/mol. The maximum absolute atomic E-state index is 9.54. The summed E-state index contributed by atoms with van der Waals surface area (Å²) in [6.07, 6.45) is -0.494. The standard InChI is InChI=1S/C10H16ClN3O/c1-6-5-8(13-9(11)12-6)14-10(3,4)7(2)15/h5,7,15H,1-4H3,(H,12,13,14). The highest BCUT2D eigenvalue weighted by atomic mass is 35.5. The molecule has 0 amide bonds. The molecule has 1 aromatic heterocycles. The van der Waals surface area contributed by atoms with Gasteiger partial charge in [0.25, 0.3) is 0 Å². The molecule has 0 radical (unpaired) electrons. The molecule has 0 aliphatic carbocycles. The first kappa shape index (κ1) is 12.2. The van der Waals surface area contributed by atoms with Crippen molar-refractivity contribution in [3.63, 3.8) is 0 Å². The zero-order valence-electron chi connectivity index (χ0n) is 9.37. The van der Waals surface area contributed by atoms with E-state index in [0.717, 1.165) is 5.69 Å². The second-order valence-corrected chi connectivity index (χ2v) is 4.52. The van der Waals surface area contributed by atoms with Crippen molar-refractivity contribution in [1.29, 1.82) is 0 Å². The van der Waals surface area contributed by atoms with E-state index in [9.17, 15) is 5.11 Å². The molecule has 0 aliphatic rings. The lowest BCUT2D eigenvalue weighted by Crippen LogP contribution is -2.42. The van der Waals surface area contributed by atoms with E-state index in [1.54, 1.807) is 13.0 Å². The normalized spacial score (nSPS) is 13.7. The predicted octanol–water partition coefficient (Wildman–Crippen LogP) is 2.01. The second-order valence-electron chi connectivity index (χ2n) is 4.19. The lowest BCUT2D eigenvalue weighted by Gasteiger charge is -2.29. The van der Waals surface area contributed by atoms with Crippen molar-refractivity contribution >= 4 is 17.4 Å². The third-order valence-electron chi connectivity index (χ3n) is 2.32. The topological polar surface area (TPSA) is 58.0 Å². The van der Waals surface area contributed by atoms with Gasteiger partial charge in [-0.1, -0.05) is 0 Å². The molecule has 2 N–H and O–H groups in total. The number of hydrogen-bond donors (Lipinski definition) is 2. The van der Waals surface area contributed by atoms with Gasteiger partial charge >= 0.3 is 0 Å². The molecule has 1 rings (SSSR count). The summed E-state index contributed by atoms with van der Waals surface area (Å²) in [5.41, 5.74) is 0.336. The number of aromatic nitrogens is 2. The Morgan fingerprint density at radius 2 is 2.07 bits per heavy atom. The van der Waals surface area contributed by atoms with Crippen LogP contribution < -0.4 is 5.32 Å². The van der Waals surface area contributed by atoms with Crippen LogP contribution in [-0.4, -0.2) is 26.7 Å². The molecule has 0 saturated heterocycles. The van der Waals surface area contributed by atoms with Crippen LogP contribution in [0.1, 0.15) is 26.5 Å². The zero-order valence-corrected chi connectivity index (χ0v) is 10.1. The number of aliphatic hydroxyl groups excluding tert-OH is 1. The van der Waals surface area contributed by atoms with E-state index in [4.69, 9.17) is 11.6 Å². The lowest BCUT2D eigenvalue weighted by atomic mass is 9.99. The third-order valence-corrected chi connectivity index (χ3v) is 2.49. The maximum Gasteiger partial charge on any atom is 0.224 e. The Balaban J connectivity index is 2.89. The minimum Gasteiger partial charge on any atom is -0.391 e. The fraction of sp³-hybridized carbons (Fsp3) is 0.600. The van der Waals surface area contributed by atoms with Gasteiger partial charge in [0.05, 0.1) is 11.6 Å². The van der Waals surface area contributed by atoms with Gasteiger partial charge < -0.3 is 10.4 Å². The summed E-state index contributed by atoms with van der Waals surface area (Å²) in [6.45, 7) is 7.35. The van der Waals surface area contributed by atoms with Crippen molar-refractivity contribution in [1.82, 2.24) is 9.97 Å². The quantitative estimate of drug-likeness (QED) is 0.779. The fourth-order valence-corrected chi connectivity index (χ4v) is 1.26. The van der Waals surface area contributed by atoms with Gasteiger partial charge in [0.1, 0.15) is 5.82 Å². The first-order chi connectivity index (χ1) is 6.81. The summed E-state index contributed by atoms with van der Waals surface area (Å²) in [6, 6.07) is 1.79. The molecule has 0 fully saturated rings. The Morgan fingerprint density at radius 1 is 1.47 bits per heavy atom. The molecule has 84 valence electrons. The number of aryl methyl sites for hydroxylation is 1. The van der Waals surface area contributed by atoms with Crippen LogP contribution in [0.2, 0.25) is 5.28 Å². The average molecular weight is 230 g/mol. The van der Waals surface area contributed by atoms with Gasteiger partial charge in [-0.2, -0.15) is 0 Å². The number of aliphatic hydroxyl groups is 1. The molecule has 0 spiro atoms. The summed E-state index contributed by atoms with van der Waals surface area (Å²) < 4.78 is 0. The van der Waals surface area contributed by atoms with Crippen LogP contribution in [0, 0.1) is 6.92 Å². The van der Waals surface area contributed by atoms with Gasteiger partial charge in [0.2, 0.25) is 5.28 Å². The van der Waals surface area contributed by atoms with E-state index >= 15 is 0 Å². The number of halogens is 1. The Kier molecular flexibility index (Phi) is 3.52. The lowest BCUT2D eigenvalue weighted by molar-refractivity contribution is 0.133. The van der Waals surface area contributed by atoms with Gasteiger partial charge in [-0.15, -0.1) is 0 Å². The predicted molar refractivity (Wildman–Crippen MR) is 61.2 cm³/mol. The Bertz CT molecular complexity index is 332. The van der Waals surface area contributed by atoms with Crippen molar-refractivity contribution in [3.8, 4) is 0 Å². The molecule has 5 heteroatoms. The number of nitrogens with one attached hydrogen (secondary N) is 1. The van der Waals surface area contributed by atoms with Gasteiger partial charge in [0.15, 0.2) is 0 Å². The molecule has 15 heavy (non-hydrogen) atoms. The van der Waals surface area contributed by atoms with Crippen LogP contribution in [0.3, 0.4) is 0 Å². The molecule has 4 nitrogen and oxygen atoms in total. The molecule has 0 bridgehead atoms. The maximum atomic E-state index is 9.54. The van der Waals surface area contributed by atoms with Crippen LogP contribution in [0.5, 0.6) is 0 Å². The molecule has 0 aromatic carbocycles.